The Kier molecular flexibility index (Phi) is 4.75. The molecule has 4 rings (SSSR count). The normalized spacial score (nSPS) is 11.9. The number of nitrogens with two attached hydrogens (primary N) is 1. The molecule has 0 aliphatic carbocycles. The summed E-state index contributed by atoms with van der Waals surface area (Å²) >= 11 is 0. The number of hydrogen-bond acceptors (Lipinski definition) is 4. The summed E-state index contributed by atoms with van der Waals surface area (Å²) in [5.41, 5.74) is 11.6. The van der Waals surface area contributed by atoms with Gasteiger partial charge in [0, 0.05) is 28.4 Å². The molecule has 2 aromatic carbocycles. The number of aromatic amines is 2. The Bertz CT molecular complexity index is 1140. The van der Waals surface area contributed by atoms with Gasteiger partial charge in [-0.3, -0.25) is 0 Å². The van der Waals surface area contributed by atoms with Crippen LogP contribution < -0.4 is 5.73 Å². The predicted octanol–water partition coefficient (Wildman–Crippen LogP) is 3.33. The van der Waals surface area contributed by atoms with E-state index in [4.69, 9.17) is 5.73 Å². The van der Waals surface area contributed by atoms with Gasteiger partial charge in [0.1, 0.15) is 11.5 Å². The van der Waals surface area contributed by atoms with Gasteiger partial charge in [0.25, 0.3) is 0 Å². The first-order valence-electron chi connectivity index (χ1n) is 9.51. The zero-order valence-electron chi connectivity index (χ0n) is 16.2. The molecule has 0 aliphatic rings. The van der Waals surface area contributed by atoms with E-state index in [1.54, 1.807) is 12.1 Å². The molecule has 2 aromatic heterocycles. The van der Waals surface area contributed by atoms with E-state index in [0.717, 1.165) is 57.3 Å². The fourth-order valence-corrected chi connectivity index (χ4v) is 4.00. The number of benzene rings is 2. The smallest absolute Gasteiger partial charge is 0.125 e. The number of aromatic hydroxyl groups is 2. The summed E-state index contributed by atoms with van der Waals surface area (Å²) < 4.78 is 0. The number of likely N-dealkylation sites (N-methyl/N-ethyl adjacent to an activating group) is 1. The van der Waals surface area contributed by atoms with Crippen LogP contribution in [0, 0.1) is 0 Å². The molecule has 0 amide bonds. The number of phenols is 2. The number of nitrogens with one attached hydrogen (secondary N) is 2. The van der Waals surface area contributed by atoms with E-state index < -0.39 is 0 Å². The first-order chi connectivity index (χ1) is 13.5. The van der Waals surface area contributed by atoms with Gasteiger partial charge in [-0.2, -0.15) is 0 Å². The fourth-order valence-electron chi connectivity index (χ4n) is 4.00. The van der Waals surface area contributed by atoms with Crippen LogP contribution in [0.1, 0.15) is 11.1 Å². The van der Waals surface area contributed by atoms with Crippen LogP contribution in [0.3, 0.4) is 0 Å². The van der Waals surface area contributed by atoms with E-state index in [-0.39, 0.29) is 11.5 Å². The molecular weight excluding hydrogens is 352 g/mol. The van der Waals surface area contributed by atoms with Crippen molar-refractivity contribution in [3.05, 3.63) is 47.5 Å². The first kappa shape index (κ1) is 18.4. The molecule has 6 nitrogen and oxygen atoms in total. The van der Waals surface area contributed by atoms with Crippen molar-refractivity contribution >= 4 is 21.8 Å². The molecule has 0 saturated carbocycles. The van der Waals surface area contributed by atoms with Crippen molar-refractivity contribution < 1.29 is 10.2 Å². The molecule has 6 N–H and O–H groups in total. The molecule has 0 unspecified atom stereocenters. The Morgan fingerprint density at radius 1 is 0.821 bits per heavy atom. The highest BCUT2D eigenvalue weighted by Crippen LogP contribution is 2.40. The monoisotopic (exact) mass is 378 g/mol. The summed E-state index contributed by atoms with van der Waals surface area (Å²) in [4.78, 5) is 9.09. The number of aromatic nitrogens is 2. The lowest BCUT2D eigenvalue weighted by Gasteiger charge is -2.11. The minimum atomic E-state index is 0.247. The van der Waals surface area contributed by atoms with Crippen molar-refractivity contribution in [3.63, 3.8) is 0 Å². The molecule has 0 fully saturated rings. The Balaban J connectivity index is 2.01. The summed E-state index contributed by atoms with van der Waals surface area (Å²) in [6.45, 7) is 1.33. The second-order valence-electron chi connectivity index (χ2n) is 7.45. The summed E-state index contributed by atoms with van der Waals surface area (Å²) in [7, 11) is 4.07. The zero-order chi connectivity index (χ0) is 19.8. The van der Waals surface area contributed by atoms with Crippen LogP contribution >= 0.6 is 0 Å². The molecule has 146 valence electrons. The third-order valence-corrected chi connectivity index (χ3v) is 5.26. The van der Waals surface area contributed by atoms with Crippen LogP contribution in [0.5, 0.6) is 11.5 Å². The highest BCUT2D eigenvalue weighted by atomic mass is 16.3. The van der Waals surface area contributed by atoms with Crippen molar-refractivity contribution in [3.8, 4) is 22.9 Å². The molecule has 6 heteroatoms. The standard InChI is InChI=1S/C22H26N4O2/c1-26(2)12-10-14-20-16(6-4-8-18(20)28)25-22(14)21-13(9-11-23)19-15(24-21)5-3-7-17(19)27/h3-8,24-25,27-28H,9-12,23H2,1-2H3. The molecule has 28 heavy (non-hydrogen) atoms. The summed E-state index contributed by atoms with van der Waals surface area (Å²) in [6.07, 6.45) is 1.42. The van der Waals surface area contributed by atoms with Crippen molar-refractivity contribution in [1.29, 1.82) is 0 Å². The molecule has 0 aliphatic heterocycles. The second-order valence-corrected chi connectivity index (χ2v) is 7.45. The number of nitrogens with zero attached hydrogens (tertiary/aromatic N) is 1. The van der Waals surface area contributed by atoms with Crippen LogP contribution in [-0.4, -0.2) is 52.3 Å². The Morgan fingerprint density at radius 3 is 1.79 bits per heavy atom. The zero-order valence-corrected chi connectivity index (χ0v) is 16.2. The van der Waals surface area contributed by atoms with Gasteiger partial charge < -0.3 is 30.8 Å². The molecule has 0 saturated heterocycles. The number of phenolic OH excluding ortho intramolecular Hbond substituents is 2. The first-order valence-corrected chi connectivity index (χ1v) is 9.51. The predicted molar refractivity (Wildman–Crippen MR) is 114 cm³/mol. The lowest BCUT2D eigenvalue weighted by Crippen LogP contribution is -2.15. The van der Waals surface area contributed by atoms with E-state index >= 15 is 0 Å². The largest absolute Gasteiger partial charge is 0.507 e. The van der Waals surface area contributed by atoms with Gasteiger partial charge in [0.05, 0.1) is 11.4 Å². The van der Waals surface area contributed by atoms with Crippen LogP contribution in [0.4, 0.5) is 0 Å². The van der Waals surface area contributed by atoms with E-state index in [0.29, 0.717) is 13.0 Å². The van der Waals surface area contributed by atoms with Gasteiger partial charge in [-0.1, -0.05) is 12.1 Å². The summed E-state index contributed by atoms with van der Waals surface area (Å²) in [5.74, 6) is 0.519. The van der Waals surface area contributed by atoms with E-state index in [1.165, 1.54) is 0 Å². The number of hydrogen-bond donors (Lipinski definition) is 5. The van der Waals surface area contributed by atoms with E-state index in [9.17, 15) is 10.2 Å². The average Bonchev–Trinajstić information content (AvgIpc) is 3.20. The van der Waals surface area contributed by atoms with Gasteiger partial charge in [0.2, 0.25) is 0 Å². The van der Waals surface area contributed by atoms with Gasteiger partial charge in [-0.25, -0.2) is 0 Å². The van der Waals surface area contributed by atoms with Crippen molar-refractivity contribution in [1.82, 2.24) is 14.9 Å². The van der Waals surface area contributed by atoms with Crippen LogP contribution in [0.2, 0.25) is 0 Å². The van der Waals surface area contributed by atoms with Crippen molar-refractivity contribution in [2.75, 3.05) is 27.2 Å². The highest BCUT2D eigenvalue weighted by Gasteiger charge is 2.22. The lowest BCUT2D eigenvalue weighted by atomic mass is 10.00. The maximum Gasteiger partial charge on any atom is 0.125 e. The van der Waals surface area contributed by atoms with Gasteiger partial charge in [-0.05, 0) is 68.9 Å². The van der Waals surface area contributed by atoms with Crippen LogP contribution in [0.15, 0.2) is 36.4 Å². The van der Waals surface area contributed by atoms with Crippen molar-refractivity contribution in [2.45, 2.75) is 12.8 Å². The molecule has 0 bridgehead atoms. The fraction of sp³-hybridized carbons (Fsp3) is 0.273. The number of fused-ring (bicyclic) bond motifs is 2. The molecular formula is C22H26N4O2. The lowest BCUT2D eigenvalue weighted by molar-refractivity contribution is 0.414. The maximum absolute atomic E-state index is 10.5. The van der Waals surface area contributed by atoms with Crippen LogP contribution in [0.25, 0.3) is 33.2 Å². The minimum absolute atomic E-state index is 0.247. The quantitative estimate of drug-likeness (QED) is 0.355. The summed E-state index contributed by atoms with van der Waals surface area (Å²) in [6, 6.07) is 11.0. The molecule has 4 aromatic rings. The molecule has 0 atom stereocenters. The SMILES string of the molecule is CN(C)CCc1c(-c2[nH]c3cccc(O)c3c2CCN)[nH]c2cccc(O)c12. The summed E-state index contributed by atoms with van der Waals surface area (Å²) in [5, 5.41) is 22.6. The number of rotatable bonds is 6. The van der Waals surface area contributed by atoms with Gasteiger partial charge in [0.15, 0.2) is 0 Å². The highest BCUT2D eigenvalue weighted by molar-refractivity contribution is 5.99. The molecule has 0 spiro atoms. The van der Waals surface area contributed by atoms with Crippen molar-refractivity contribution in [2.24, 2.45) is 5.73 Å². The Hall–Kier alpha value is -2.96. The van der Waals surface area contributed by atoms with Gasteiger partial charge in [-0.15, -0.1) is 0 Å². The molecule has 0 radical (unpaired) electrons. The van der Waals surface area contributed by atoms with Crippen LogP contribution in [-0.2, 0) is 12.8 Å². The Labute approximate surface area is 163 Å². The molecule has 2 heterocycles. The maximum atomic E-state index is 10.5. The van der Waals surface area contributed by atoms with E-state index in [1.807, 2.05) is 38.4 Å². The third-order valence-electron chi connectivity index (χ3n) is 5.26. The van der Waals surface area contributed by atoms with Gasteiger partial charge >= 0.3 is 0 Å². The van der Waals surface area contributed by atoms with E-state index in [2.05, 4.69) is 14.9 Å². The Morgan fingerprint density at radius 2 is 1.32 bits per heavy atom. The minimum Gasteiger partial charge on any atom is -0.507 e. The second kappa shape index (κ2) is 7.22. The average molecular weight is 378 g/mol. The third kappa shape index (κ3) is 3.00. The topological polar surface area (TPSA) is 101 Å². The number of H-pyrrole nitrogens is 2.